The van der Waals surface area contributed by atoms with Crippen molar-refractivity contribution >= 4 is 5.91 Å². The molecule has 1 saturated carbocycles. The Morgan fingerprint density at radius 1 is 1.29 bits per heavy atom. The predicted octanol–water partition coefficient (Wildman–Crippen LogP) is 0.666. The van der Waals surface area contributed by atoms with Crippen molar-refractivity contribution in [3.8, 4) is 0 Å². The Balaban J connectivity index is 1.61. The van der Waals surface area contributed by atoms with E-state index in [-0.39, 0.29) is 17.5 Å². The molecule has 0 bridgehead atoms. The maximum Gasteiger partial charge on any atom is 0.241 e. The van der Waals surface area contributed by atoms with Crippen LogP contribution in [-0.4, -0.2) is 61.8 Å². The van der Waals surface area contributed by atoms with Crippen LogP contribution in [0, 0.1) is 0 Å². The maximum absolute atomic E-state index is 12.2. The molecule has 2 N–H and O–H groups in total. The van der Waals surface area contributed by atoms with Crippen molar-refractivity contribution in [2.75, 3.05) is 39.4 Å². The lowest BCUT2D eigenvalue weighted by Crippen LogP contribution is -2.60. The zero-order chi connectivity index (χ0) is 14.5. The first-order valence-corrected chi connectivity index (χ1v) is 8.31. The van der Waals surface area contributed by atoms with Crippen molar-refractivity contribution in [1.29, 1.82) is 0 Å². The quantitative estimate of drug-likeness (QED) is 0.748. The average Bonchev–Trinajstić information content (AvgIpc) is 3.09. The Labute approximate surface area is 127 Å². The number of rotatable bonds is 4. The van der Waals surface area contributed by atoms with Crippen molar-refractivity contribution in [2.24, 2.45) is 0 Å². The fourth-order valence-corrected chi connectivity index (χ4v) is 3.86. The van der Waals surface area contributed by atoms with E-state index in [0.29, 0.717) is 0 Å². The monoisotopic (exact) mass is 293 g/mol. The zero-order valence-corrected chi connectivity index (χ0v) is 12.8. The summed E-state index contributed by atoms with van der Waals surface area (Å²) in [6.45, 7) is 5.21. The fourth-order valence-electron chi connectivity index (χ4n) is 3.86. The van der Waals surface area contributed by atoms with Gasteiger partial charge in [-0.2, -0.15) is 0 Å². The van der Waals surface area contributed by atoms with Crippen LogP contribution in [0.1, 0.15) is 32.1 Å². The molecular formula is C16H27N3O2. The van der Waals surface area contributed by atoms with Gasteiger partial charge in [-0.3, -0.25) is 15.0 Å². The third-order valence-corrected chi connectivity index (χ3v) is 5.12. The molecule has 3 aliphatic rings. The number of hydrogen-bond acceptors (Lipinski definition) is 4. The predicted molar refractivity (Wildman–Crippen MR) is 82.1 cm³/mol. The summed E-state index contributed by atoms with van der Waals surface area (Å²) in [7, 11) is 0. The number of nitrogens with zero attached hydrogens (tertiary/aromatic N) is 1. The molecule has 5 nitrogen and oxygen atoms in total. The van der Waals surface area contributed by atoms with Crippen LogP contribution < -0.4 is 10.6 Å². The van der Waals surface area contributed by atoms with Gasteiger partial charge in [0.15, 0.2) is 0 Å². The average molecular weight is 293 g/mol. The van der Waals surface area contributed by atoms with Gasteiger partial charge in [0.25, 0.3) is 0 Å². The van der Waals surface area contributed by atoms with Gasteiger partial charge in [0.05, 0.1) is 13.2 Å². The first-order chi connectivity index (χ1) is 10.3. The van der Waals surface area contributed by atoms with Crippen LogP contribution in [0.2, 0.25) is 0 Å². The normalized spacial score (nSPS) is 29.4. The van der Waals surface area contributed by atoms with Gasteiger partial charge in [-0.15, -0.1) is 0 Å². The number of hydrogen-bond donors (Lipinski definition) is 2. The molecule has 2 heterocycles. The van der Waals surface area contributed by atoms with Crippen molar-refractivity contribution in [3.63, 3.8) is 0 Å². The molecule has 5 heteroatoms. The topological polar surface area (TPSA) is 53.6 Å². The van der Waals surface area contributed by atoms with Gasteiger partial charge in [0.1, 0.15) is 6.04 Å². The van der Waals surface area contributed by atoms with E-state index in [1.165, 1.54) is 32.1 Å². The molecular weight excluding hydrogens is 266 g/mol. The SMILES string of the molecule is O=C(NCC1(N2CCOCC2)CCCCC1)C1C=CCN1. The molecule has 1 saturated heterocycles. The first-order valence-electron chi connectivity index (χ1n) is 8.31. The minimum Gasteiger partial charge on any atom is -0.379 e. The lowest BCUT2D eigenvalue weighted by molar-refractivity contribution is -0.123. The van der Waals surface area contributed by atoms with Gasteiger partial charge in [-0.05, 0) is 12.8 Å². The van der Waals surface area contributed by atoms with Crippen LogP contribution in [0.5, 0.6) is 0 Å². The Hall–Kier alpha value is -0.910. The Morgan fingerprint density at radius 3 is 2.71 bits per heavy atom. The van der Waals surface area contributed by atoms with Crippen LogP contribution in [0.15, 0.2) is 12.2 Å². The minimum atomic E-state index is -0.143. The number of carbonyl (C=O) groups is 1. The third-order valence-electron chi connectivity index (χ3n) is 5.12. The van der Waals surface area contributed by atoms with Gasteiger partial charge < -0.3 is 10.1 Å². The largest absolute Gasteiger partial charge is 0.379 e. The Morgan fingerprint density at radius 2 is 2.05 bits per heavy atom. The van der Waals surface area contributed by atoms with E-state index < -0.39 is 0 Å². The minimum absolute atomic E-state index is 0.113. The molecule has 1 amide bonds. The number of carbonyl (C=O) groups excluding carboxylic acids is 1. The first kappa shape index (κ1) is 15.0. The molecule has 0 aromatic rings. The fraction of sp³-hybridized carbons (Fsp3) is 0.812. The van der Waals surface area contributed by atoms with Crippen molar-refractivity contribution in [2.45, 2.75) is 43.7 Å². The summed E-state index contributed by atoms with van der Waals surface area (Å²) >= 11 is 0. The highest BCUT2D eigenvalue weighted by atomic mass is 16.5. The van der Waals surface area contributed by atoms with Crippen LogP contribution in [0.3, 0.4) is 0 Å². The van der Waals surface area contributed by atoms with Crippen molar-refractivity contribution < 1.29 is 9.53 Å². The van der Waals surface area contributed by atoms with Gasteiger partial charge >= 0.3 is 0 Å². The van der Waals surface area contributed by atoms with Gasteiger partial charge in [-0.1, -0.05) is 31.4 Å². The zero-order valence-electron chi connectivity index (χ0n) is 12.8. The standard InChI is InChI=1S/C16H27N3O2/c20-15(14-5-4-8-17-14)18-13-16(6-2-1-3-7-16)19-9-11-21-12-10-19/h4-5,14,17H,1-3,6-13H2,(H,18,20). The van der Waals surface area contributed by atoms with Crippen molar-refractivity contribution in [1.82, 2.24) is 15.5 Å². The van der Waals surface area contributed by atoms with Gasteiger partial charge in [-0.25, -0.2) is 0 Å². The summed E-state index contributed by atoms with van der Waals surface area (Å²) in [5.41, 5.74) is 0.153. The van der Waals surface area contributed by atoms with E-state index in [1.807, 2.05) is 12.2 Å². The van der Waals surface area contributed by atoms with Crippen LogP contribution in [-0.2, 0) is 9.53 Å². The second kappa shape index (κ2) is 6.90. The number of morpholine rings is 1. The molecule has 1 unspecified atom stereocenters. The highest BCUT2D eigenvalue weighted by Gasteiger charge is 2.39. The summed E-state index contributed by atoms with van der Waals surface area (Å²) in [4.78, 5) is 14.8. The van der Waals surface area contributed by atoms with E-state index in [2.05, 4.69) is 15.5 Å². The number of nitrogens with one attached hydrogen (secondary N) is 2. The maximum atomic E-state index is 12.2. The summed E-state index contributed by atoms with van der Waals surface area (Å²) < 4.78 is 5.49. The highest BCUT2D eigenvalue weighted by molar-refractivity contribution is 5.84. The van der Waals surface area contributed by atoms with Crippen LogP contribution in [0.4, 0.5) is 0 Å². The molecule has 21 heavy (non-hydrogen) atoms. The van der Waals surface area contributed by atoms with Crippen LogP contribution >= 0.6 is 0 Å². The second-order valence-electron chi connectivity index (χ2n) is 6.42. The highest BCUT2D eigenvalue weighted by Crippen LogP contribution is 2.33. The summed E-state index contributed by atoms with van der Waals surface area (Å²) in [5.74, 6) is 0.113. The smallest absolute Gasteiger partial charge is 0.241 e. The lowest BCUT2D eigenvalue weighted by Gasteiger charge is -2.48. The summed E-state index contributed by atoms with van der Waals surface area (Å²) in [6, 6.07) is -0.143. The summed E-state index contributed by atoms with van der Waals surface area (Å²) in [5, 5.41) is 6.38. The number of ether oxygens (including phenoxy) is 1. The van der Waals surface area contributed by atoms with E-state index in [9.17, 15) is 4.79 Å². The second-order valence-corrected chi connectivity index (χ2v) is 6.42. The van der Waals surface area contributed by atoms with E-state index >= 15 is 0 Å². The number of amides is 1. The van der Waals surface area contributed by atoms with Crippen molar-refractivity contribution in [3.05, 3.63) is 12.2 Å². The van der Waals surface area contributed by atoms with E-state index in [1.54, 1.807) is 0 Å². The van der Waals surface area contributed by atoms with E-state index in [4.69, 9.17) is 4.74 Å². The Kier molecular flexibility index (Phi) is 4.93. The molecule has 3 rings (SSSR count). The molecule has 118 valence electrons. The Bertz CT molecular complexity index is 385. The lowest BCUT2D eigenvalue weighted by atomic mass is 9.79. The molecule has 1 aliphatic carbocycles. The summed E-state index contributed by atoms with van der Waals surface area (Å²) in [6.07, 6.45) is 10.2. The van der Waals surface area contributed by atoms with Crippen LogP contribution in [0.25, 0.3) is 0 Å². The third kappa shape index (κ3) is 3.47. The van der Waals surface area contributed by atoms with E-state index in [0.717, 1.165) is 39.4 Å². The molecule has 0 spiro atoms. The molecule has 0 aromatic heterocycles. The molecule has 1 atom stereocenters. The molecule has 0 radical (unpaired) electrons. The van der Waals surface area contributed by atoms with Gasteiger partial charge in [0.2, 0.25) is 5.91 Å². The molecule has 0 aromatic carbocycles. The molecule has 2 fully saturated rings. The van der Waals surface area contributed by atoms with Gasteiger partial charge in [0, 0.05) is 31.7 Å². The molecule has 2 aliphatic heterocycles.